The van der Waals surface area contributed by atoms with Crippen molar-refractivity contribution in [1.29, 1.82) is 0 Å². The molecule has 2 N–H and O–H groups in total. The lowest BCUT2D eigenvalue weighted by molar-refractivity contribution is -0.116. The molecule has 3 aromatic rings. The first-order chi connectivity index (χ1) is 14.0. The van der Waals surface area contributed by atoms with Crippen molar-refractivity contribution in [2.45, 2.75) is 26.2 Å². The monoisotopic (exact) mass is 411 g/mol. The van der Waals surface area contributed by atoms with Crippen molar-refractivity contribution in [2.75, 3.05) is 12.4 Å². The van der Waals surface area contributed by atoms with Gasteiger partial charge in [-0.3, -0.25) is 9.78 Å². The molecule has 1 amide bonds. The quantitative estimate of drug-likeness (QED) is 0.557. The summed E-state index contributed by atoms with van der Waals surface area (Å²) in [5.74, 6) is -0.794. The molecule has 0 spiro atoms. The topological polar surface area (TPSA) is 101 Å². The van der Waals surface area contributed by atoms with Gasteiger partial charge in [0.1, 0.15) is 11.3 Å². The number of anilines is 1. The number of nitrogens with one attached hydrogen (secondary N) is 1. The van der Waals surface area contributed by atoms with Crippen LogP contribution >= 0.6 is 11.3 Å². The Balaban J connectivity index is 1.83. The zero-order valence-corrected chi connectivity index (χ0v) is 17.0. The second kappa shape index (κ2) is 9.29. The van der Waals surface area contributed by atoms with Crippen LogP contribution in [0, 0.1) is 0 Å². The molecule has 150 valence electrons. The Hall–Kier alpha value is -3.26. The highest BCUT2D eigenvalue weighted by molar-refractivity contribution is 7.14. The van der Waals surface area contributed by atoms with Crippen LogP contribution in [0.1, 0.15) is 36.5 Å². The van der Waals surface area contributed by atoms with Gasteiger partial charge in [-0.1, -0.05) is 19.4 Å². The number of ether oxygens (including phenoxy) is 1. The summed E-state index contributed by atoms with van der Waals surface area (Å²) in [6, 6.07) is 6.66. The molecule has 0 unspecified atom stereocenters. The van der Waals surface area contributed by atoms with Crippen LogP contribution in [0.3, 0.4) is 0 Å². The molecule has 0 aliphatic carbocycles. The van der Waals surface area contributed by atoms with Crippen LogP contribution < -0.4 is 10.1 Å². The molecular formula is C21H21N3O4S. The molecule has 0 saturated carbocycles. The van der Waals surface area contributed by atoms with E-state index < -0.39 is 5.97 Å². The molecule has 1 aromatic carbocycles. The summed E-state index contributed by atoms with van der Waals surface area (Å²) in [6.07, 6.45) is 5.61. The third-order valence-electron chi connectivity index (χ3n) is 4.26. The van der Waals surface area contributed by atoms with E-state index in [1.165, 1.54) is 24.5 Å². The summed E-state index contributed by atoms with van der Waals surface area (Å²) in [6.45, 7) is 2.05. The van der Waals surface area contributed by atoms with Crippen molar-refractivity contribution in [2.24, 2.45) is 0 Å². The van der Waals surface area contributed by atoms with Gasteiger partial charge in [0.2, 0.25) is 5.91 Å². The number of thiophene rings is 1. The van der Waals surface area contributed by atoms with Gasteiger partial charge < -0.3 is 15.2 Å². The van der Waals surface area contributed by atoms with Crippen molar-refractivity contribution in [3.05, 3.63) is 47.6 Å². The fourth-order valence-electron chi connectivity index (χ4n) is 2.75. The minimum atomic E-state index is -1.06. The van der Waals surface area contributed by atoms with Gasteiger partial charge in [-0.05, 0) is 24.6 Å². The Morgan fingerprint density at radius 1 is 1.21 bits per heavy atom. The number of amides is 1. The lowest BCUT2D eigenvalue weighted by Crippen LogP contribution is -2.09. The number of hydrogen-bond donors (Lipinski definition) is 2. The number of carboxylic acids is 1. The average molecular weight is 411 g/mol. The van der Waals surface area contributed by atoms with E-state index in [1.807, 2.05) is 18.4 Å². The van der Waals surface area contributed by atoms with E-state index in [1.54, 1.807) is 24.5 Å². The van der Waals surface area contributed by atoms with Gasteiger partial charge in [0, 0.05) is 17.4 Å². The molecule has 0 radical (unpaired) electrons. The predicted molar refractivity (Wildman–Crippen MR) is 112 cm³/mol. The van der Waals surface area contributed by atoms with Gasteiger partial charge in [-0.15, -0.1) is 11.3 Å². The van der Waals surface area contributed by atoms with Crippen molar-refractivity contribution in [3.63, 3.8) is 0 Å². The van der Waals surface area contributed by atoms with Gasteiger partial charge in [-0.2, -0.15) is 0 Å². The smallest absolute Gasteiger partial charge is 0.339 e. The first-order valence-corrected chi connectivity index (χ1v) is 10.0. The molecule has 0 bridgehead atoms. The maximum absolute atomic E-state index is 11.9. The largest absolute Gasteiger partial charge is 0.496 e. The summed E-state index contributed by atoms with van der Waals surface area (Å²) in [7, 11) is 1.43. The zero-order chi connectivity index (χ0) is 20.8. The number of carbonyl (C=O) groups is 2. The SMILES string of the molecule is CCCCC(=O)Nc1csc(-c2cncc(-c3ccc(C(=O)O)c(OC)c3)n2)c1. The van der Waals surface area contributed by atoms with Gasteiger partial charge in [-0.25, -0.2) is 9.78 Å². The van der Waals surface area contributed by atoms with Gasteiger partial charge in [0.15, 0.2) is 0 Å². The zero-order valence-electron chi connectivity index (χ0n) is 16.1. The van der Waals surface area contributed by atoms with E-state index in [0.717, 1.165) is 23.4 Å². The first kappa shape index (κ1) is 20.5. The molecular weight excluding hydrogens is 390 g/mol. The first-order valence-electron chi connectivity index (χ1n) is 9.14. The normalized spacial score (nSPS) is 10.6. The van der Waals surface area contributed by atoms with Gasteiger partial charge in [0.25, 0.3) is 0 Å². The molecule has 0 aliphatic rings. The van der Waals surface area contributed by atoms with Crippen molar-refractivity contribution >= 4 is 28.9 Å². The fraction of sp³-hybridized carbons (Fsp3) is 0.238. The van der Waals surface area contributed by atoms with Crippen LogP contribution in [-0.4, -0.2) is 34.1 Å². The minimum Gasteiger partial charge on any atom is -0.496 e. The number of benzene rings is 1. The molecule has 0 saturated heterocycles. The molecule has 3 rings (SSSR count). The Morgan fingerprint density at radius 3 is 2.72 bits per heavy atom. The minimum absolute atomic E-state index is 0.00153. The summed E-state index contributed by atoms with van der Waals surface area (Å²) in [5.41, 5.74) is 2.79. The van der Waals surface area contributed by atoms with Gasteiger partial charge >= 0.3 is 5.97 Å². The second-order valence-corrected chi connectivity index (χ2v) is 7.27. The molecule has 0 fully saturated rings. The fourth-order valence-corrected chi connectivity index (χ4v) is 3.54. The standard InChI is InChI=1S/C21H21N3O4S/c1-3-4-5-20(25)23-14-9-19(29-12-14)17-11-22-10-16(24-17)13-6-7-15(21(26)27)18(8-13)28-2/h6-12H,3-5H2,1-2H3,(H,23,25)(H,26,27). The summed E-state index contributed by atoms with van der Waals surface area (Å²) >= 11 is 1.47. The number of nitrogens with zero attached hydrogens (tertiary/aromatic N) is 2. The van der Waals surface area contributed by atoms with E-state index in [4.69, 9.17) is 4.74 Å². The van der Waals surface area contributed by atoms with E-state index >= 15 is 0 Å². The number of carbonyl (C=O) groups excluding carboxylic acids is 1. The van der Waals surface area contributed by atoms with Gasteiger partial charge in [0.05, 0.1) is 41.5 Å². The highest BCUT2D eigenvalue weighted by Gasteiger charge is 2.14. The third-order valence-corrected chi connectivity index (χ3v) is 5.21. The Bertz CT molecular complexity index is 1030. The predicted octanol–water partition coefficient (Wildman–Crippen LogP) is 4.71. The van der Waals surface area contributed by atoms with Crippen LogP contribution in [0.25, 0.3) is 21.8 Å². The van der Waals surface area contributed by atoms with Crippen LogP contribution in [0.2, 0.25) is 0 Å². The Kier molecular flexibility index (Phi) is 6.56. The Labute approximate surface area is 172 Å². The van der Waals surface area contributed by atoms with Crippen LogP contribution in [0.5, 0.6) is 5.75 Å². The maximum atomic E-state index is 11.9. The second-order valence-electron chi connectivity index (χ2n) is 6.36. The van der Waals surface area contributed by atoms with E-state index in [2.05, 4.69) is 15.3 Å². The number of aromatic nitrogens is 2. The average Bonchev–Trinajstić information content (AvgIpc) is 3.20. The number of methoxy groups -OCH3 is 1. The highest BCUT2D eigenvalue weighted by atomic mass is 32.1. The van der Waals surface area contributed by atoms with Crippen LogP contribution in [-0.2, 0) is 4.79 Å². The van der Waals surface area contributed by atoms with E-state index in [-0.39, 0.29) is 17.2 Å². The van der Waals surface area contributed by atoms with Crippen LogP contribution in [0.4, 0.5) is 5.69 Å². The van der Waals surface area contributed by atoms with Crippen molar-refractivity contribution in [3.8, 4) is 27.6 Å². The summed E-state index contributed by atoms with van der Waals surface area (Å²) < 4.78 is 5.18. The molecule has 29 heavy (non-hydrogen) atoms. The number of hydrogen-bond acceptors (Lipinski definition) is 6. The number of carboxylic acid groups (broad SMARTS) is 1. The summed E-state index contributed by atoms with van der Waals surface area (Å²) in [4.78, 5) is 32.9. The van der Waals surface area contributed by atoms with E-state index in [0.29, 0.717) is 23.4 Å². The van der Waals surface area contributed by atoms with E-state index in [9.17, 15) is 14.7 Å². The molecule has 8 heteroatoms. The lowest BCUT2D eigenvalue weighted by Gasteiger charge is -2.08. The Morgan fingerprint density at radius 2 is 2.00 bits per heavy atom. The number of rotatable bonds is 8. The van der Waals surface area contributed by atoms with Crippen LogP contribution in [0.15, 0.2) is 42.0 Å². The maximum Gasteiger partial charge on any atom is 0.339 e. The number of aromatic carboxylic acids is 1. The molecule has 2 aromatic heterocycles. The highest BCUT2D eigenvalue weighted by Crippen LogP contribution is 2.31. The molecule has 7 nitrogen and oxygen atoms in total. The lowest BCUT2D eigenvalue weighted by atomic mass is 10.1. The number of unbranched alkanes of at least 4 members (excludes halogenated alkanes) is 1. The molecule has 2 heterocycles. The van der Waals surface area contributed by atoms with Crippen molar-refractivity contribution < 1.29 is 19.4 Å². The molecule has 0 aliphatic heterocycles. The molecule has 0 atom stereocenters. The van der Waals surface area contributed by atoms with Crippen molar-refractivity contribution in [1.82, 2.24) is 9.97 Å². The summed E-state index contributed by atoms with van der Waals surface area (Å²) in [5, 5.41) is 14.0. The third kappa shape index (κ3) is 4.97.